The van der Waals surface area contributed by atoms with Crippen molar-refractivity contribution >= 4 is 11.9 Å². The number of carbonyl (C=O) groups is 2. The Balaban J connectivity index is 4.42. The van der Waals surface area contributed by atoms with E-state index in [1.165, 1.54) is 231 Å². The number of amides is 1. The van der Waals surface area contributed by atoms with Gasteiger partial charge in [0.05, 0.1) is 25.2 Å². The van der Waals surface area contributed by atoms with Crippen LogP contribution in [0.3, 0.4) is 0 Å². The molecule has 0 aliphatic carbocycles. The van der Waals surface area contributed by atoms with Crippen LogP contribution in [-0.4, -0.2) is 46.9 Å². The van der Waals surface area contributed by atoms with Gasteiger partial charge in [-0.2, -0.15) is 0 Å². The lowest BCUT2D eigenvalue weighted by molar-refractivity contribution is -0.151. The minimum atomic E-state index is -0.779. The van der Waals surface area contributed by atoms with E-state index >= 15 is 0 Å². The van der Waals surface area contributed by atoms with Gasteiger partial charge in [0, 0.05) is 6.42 Å². The fraction of sp³-hybridized carbons (Fsp3) is 0.964. The highest BCUT2D eigenvalue weighted by Crippen LogP contribution is 2.19. The molecular formula is C55H109NO5. The molecule has 61 heavy (non-hydrogen) atoms. The Kier molecular flexibility index (Phi) is 48.9. The highest BCUT2D eigenvalue weighted by Gasteiger charge is 2.24. The van der Waals surface area contributed by atoms with Gasteiger partial charge in [-0.15, -0.1) is 0 Å². The molecule has 0 fully saturated rings. The highest BCUT2D eigenvalue weighted by molar-refractivity contribution is 5.77. The summed E-state index contributed by atoms with van der Waals surface area (Å²) in [5.41, 5.74) is 0. The molecule has 0 aliphatic rings. The second-order valence-corrected chi connectivity index (χ2v) is 19.4. The normalized spacial score (nSPS) is 13.1. The summed E-state index contributed by atoms with van der Waals surface area (Å²) in [6, 6.07) is -0.692. The first kappa shape index (κ1) is 59.9. The van der Waals surface area contributed by atoms with Crippen LogP contribution >= 0.6 is 0 Å². The average molecular weight is 864 g/mol. The predicted octanol–water partition coefficient (Wildman–Crippen LogP) is 16.7. The molecule has 0 aromatic rings. The number of carbonyl (C=O) groups excluding carboxylic acids is 2. The van der Waals surface area contributed by atoms with Gasteiger partial charge in [-0.05, 0) is 25.7 Å². The highest BCUT2D eigenvalue weighted by atomic mass is 16.5. The Bertz CT molecular complexity index is 882. The maximum absolute atomic E-state index is 13.2. The summed E-state index contributed by atoms with van der Waals surface area (Å²) in [6.45, 7) is 6.52. The third-order valence-corrected chi connectivity index (χ3v) is 13.2. The quantitative estimate of drug-likeness (QED) is 0.0418. The van der Waals surface area contributed by atoms with Gasteiger partial charge < -0.3 is 20.3 Å². The van der Waals surface area contributed by atoms with Crippen molar-refractivity contribution in [1.82, 2.24) is 5.32 Å². The Morgan fingerprint density at radius 3 is 1.00 bits per heavy atom. The zero-order valence-electron chi connectivity index (χ0n) is 41.6. The molecular weight excluding hydrogens is 755 g/mol. The molecule has 3 N–H and O–H groups in total. The van der Waals surface area contributed by atoms with Crippen molar-refractivity contribution in [3.8, 4) is 0 Å². The Morgan fingerprint density at radius 2 is 0.689 bits per heavy atom. The monoisotopic (exact) mass is 864 g/mol. The van der Waals surface area contributed by atoms with Crippen LogP contribution in [0.4, 0.5) is 0 Å². The van der Waals surface area contributed by atoms with Crippen LogP contribution in [0.5, 0.6) is 0 Å². The maximum atomic E-state index is 13.2. The van der Waals surface area contributed by atoms with Crippen molar-refractivity contribution in [2.75, 3.05) is 6.61 Å². The maximum Gasteiger partial charge on any atom is 0.306 e. The molecule has 0 saturated carbocycles. The van der Waals surface area contributed by atoms with Gasteiger partial charge in [-0.25, -0.2) is 0 Å². The number of unbranched alkanes of at least 4 members (excludes halogenated alkanes) is 39. The SMILES string of the molecule is CCCCCCCCCCCCCCCCCCC(O)C(CO)NC(=O)CC(CCCCCCCCCCCCC)OC(=O)CCCCCCCCCCCCCCCCC. The number of esters is 1. The summed E-state index contributed by atoms with van der Waals surface area (Å²) in [6.07, 6.45) is 54.5. The zero-order chi connectivity index (χ0) is 44.5. The van der Waals surface area contributed by atoms with Crippen LogP contribution in [0, 0.1) is 0 Å². The molecule has 0 saturated heterocycles. The van der Waals surface area contributed by atoms with Gasteiger partial charge in [0.15, 0.2) is 0 Å². The van der Waals surface area contributed by atoms with Crippen LogP contribution in [0.1, 0.15) is 316 Å². The van der Waals surface area contributed by atoms with Crippen molar-refractivity contribution in [2.45, 2.75) is 334 Å². The number of aliphatic hydroxyl groups excluding tert-OH is 2. The van der Waals surface area contributed by atoms with Crippen LogP contribution in [-0.2, 0) is 14.3 Å². The number of aliphatic hydroxyl groups is 2. The molecule has 364 valence electrons. The van der Waals surface area contributed by atoms with Crippen LogP contribution < -0.4 is 5.32 Å². The van der Waals surface area contributed by atoms with Crippen molar-refractivity contribution in [1.29, 1.82) is 0 Å². The van der Waals surface area contributed by atoms with E-state index in [1.54, 1.807) is 0 Å². The summed E-state index contributed by atoms with van der Waals surface area (Å²) in [7, 11) is 0. The molecule has 6 heteroatoms. The second kappa shape index (κ2) is 49.9. The number of hydrogen-bond donors (Lipinski definition) is 3. The van der Waals surface area contributed by atoms with Crippen molar-refractivity contribution in [2.24, 2.45) is 0 Å². The van der Waals surface area contributed by atoms with Crippen LogP contribution in [0.2, 0.25) is 0 Å². The first-order valence-corrected chi connectivity index (χ1v) is 27.8. The summed E-state index contributed by atoms with van der Waals surface area (Å²) in [5, 5.41) is 23.8. The van der Waals surface area contributed by atoms with E-state index in [1.807, 2.05) is 0 Å². The predicted molar refractivity (Wildman–Crippen MR) is 264 cm³/mol. The third kappa shape index (κ3) is 45.2. The lowest BCUT2D eigenvalue weighted by atomic mass is 10.0. The van der Waals surface area contributed by atoms with E-state index < -0.39 is 18.2 Å². The number of hydrogen-bond acceptors (Lipinski definition) is 5. The largest absolute Gasteiger partial charge is 0.462 e. The van der Waals surface area contributed by atoms with E-state index in [-0.39, 0.29) is 24.9 Å². The molecule has 0 aliphatic heterocycles. The lowest BCUT2D eigenvalue weighted by Gasteiger charge is -2.24. The standard InChI is InChI=1S/C55H109NO5/c1-4-7-10-13-16-19-22-24-26-28-29-32-35-38-41-44-47-53(58)52(50-57)56-54(59)49-51(46-43-40-37-34-31-21-18-15-12-9-6-3)61-55(60)48-45-42-39-36-33-30-27-25-23-20-17-14-11-8-5-2/h51-53,57-58H,4-50H2,1-3H3,(H,56,59). The smallest absolute Gasteiger partial charge is 0.306 e. The number of rotatable bonds is 51. The molecule has 0 bridgehead atoms. The van der Waals surface area contributed by atoms with Gasteiger partial charge >= 0.3 is 5.97 Å². The zero-order valence-corrected chi connectivity index (χ0v) is 41.6. The minimum absolute atomic E-state index is 0.0879. The van der Waals surface area contributed by atoms with Gasteiger partial charge in [-0.1, -0.05) is 278 Å². The topological polar surface area (TPSA) is 95.9 Å². The van der Waals surface area contributed by atoms with Crippen LogP contribution in [0.15, 0.2) is 0 Å². The lowest BCUT2D eigenvalue weighted by Crippen LogP contribution is -2.46. The second-order valence-electron chi connectivity index (χ2n) is 19.4. The molecule has 1 amide bonds. The Morgan fingerprint density at radius 1 is 0.410 bits per heavy atom. The van der Waals surface area contributed by atoms with Gasteiger partial charge in [0.1, 0.15) is 6.10 Å². The summed E-state index contributed by atoms with van der Waals surface area (Å²) < 4.78 is 5.95. The number of nitrogens with one attached hydrogen (secondary N) is 1. The fourth-order valence-electron chi connectivity index (χ4n) is 8.96. The van der Waals surface area contributed by atoms with E-state index in [0.29, 0.717) is 19.3 Å². The van der Waals surface area contributed by atoms with Crippen molar-refractivity contribution < 1.29 is 24.5 Å². The van der Waals surface area contributed by atoms with Crippen LogP contribution in [0.25, 0.3) is 0 Å². The van der Waals surface area contributed by atoms with Gasteiger partial charge in [0.2, 0.25) is 5.91 Å². The van der Waals surface area contributed by atoms with E-state index in [9.17, 15) is 19.8 Å². The first-order valence-electron chi connectivity index (χ1n) is 27.8. The molecule has 0 rings (SSSR count). The van der Waals surface area contributed by atoms with Gasteiger partial charge in [0.25, 0.3) is 0 Å². The molecule has 0 aromatic carbocycles. The average Bonchev–Trinajstić information content (AvgIpc) is 3.25. The summed E-state index contributed by atoms with van der Waals surface area (Å²) >= 11 is 0. The van der Waals surface area contributed by atoms with Crippen molar-refractivity contribution in [3.05, 3.63) is 0 Å². The van der Waals surface area contributed by atoms with E-state index in [4.69, 9.17) is 4.74 Å². The van der Waals surface area contributed by atoms with Gasteiger partial charge in [-0.3, -0.25) is 9.59 Å². The summed E-state index contributed by atoms with van der Waals surface area (Å²) in [5.74, 6) is -0.448. The molecule has 0 spiro atoms. The molecule has 3 unspecified atom stereocenters. The third-order valence-electron chi connectivity index (χ3n) is 13.2. The van der Waals surface area contributed by atoms with E-state index in [0.717, 1.165) is 38.5 Å². The summed E-state index contributed by atoms with van der Waals surface area (Å²) in [4.78, 5) is 26.2. The molecule has 6 nitrogen and oxygen atoms in total. The number of ether oxygens (including phenoxy) is 1. The molecule has 3 atom stereocenters. The molecule has 0 radical (unpaired) electrons. The molecule has 0 heterocycles. The van der Waals surface area contributed by atoms with Crippen molar-refractivity contribution in [3.63, 3.8) is 0 Å². The first-order chi connectivity index (χ1) is 30.0. The fourth-order valence-corrected chi connectivity index (χ4v) is 8.96. The molecule has 0 aromatic heterocycles. The Labute approximate surface area is 381 Å². The van der Waals surface area contributed by atoms with E-state index in [2.05, 4.69) is 26.1 Å². The Hall–Kier alpha value is -1.14. The minimum Gasteiger partial charge on any atom is -0.462 e.